The standard InChI is InChI=1S/C22H37N5O2/c1-5-23-22(25-15-13-18-10-6-7-12-20(18)29-4)24-14-9-17-27-16-8-11-19(27)21(28)26(2)3/h6-7,10,12,19H,5,8-9,11,13-17H2,1-4H3,(H2,23,24,25). The molecule has 7 nitrogen and oxygen atoms in total. The third-order valence-corrected chi connectivity index (χ3v) is 5.19. The number of likely N-dealkylation sites (N-methyl/N-ethyl adjacent to an activating group) is 1. The number of likely N-dealkylation sites (tertiary alicyclic amines) is 1. The molecule has 1 amide bonds. The van der Waals surface area contributed by atoms with Crippen molar-refractivity contribution < 1.29 is 9.53 Å². The van der Waals surface area contributed by atoms with Crippen LogP contribution in [0.3, 0.4) is 0 Å². The molecule has 29 heavy (non-hydrogen) atoms. The molecule has 1 saturated heterocycles. The number of nitrogens with one attached hydrogen (secondary N) is 2. The fraction of sp³-hybridized carbons (Fsp3) is 0.636. The molecule has 0 bridgehead atoms. The third kappa shape index (κ3) is 7.24. The maximum absolute atomic E-state index is 12.3. The summed E-state index contributed by atoms with van der Waals surface area (Å²) in [4.78, 5) is 21.0. The summed E-state index contributed by atoms with van der Waals surface area (Å²) >= 11 is 0. The number of para-hydroxylation sites is 1. The number of amides is 1. The first-order valence-corrected chi connectivity index (χ1v) is 10.7. The van der Waals surface area contributed by atoms with Crippen LogP contribution in [0.5, 0.6) is 5.75 Å². The van der Waals surface area contributed by atoms with E-state index >= 15 is 0 Å². The van der Waals surface area contributed by atoms with E-state index in [-0.39, 0.29) is 11.9 Å². The molecule has 2 N–H and O–H groups in total. The lowest BCUT2D eigenvalue weighted by Crippen LogP contribution is -2.43. The van der Waals surface area contributed by atoms with Gasteiger partial charge >= 0.3 is 0 Å². The van der Waals surface area contributed by atoms with Crippen molar-refractivity contribution in [2.24, 2.45) is 4.99 Å². The fourth-order valence-electron chi connectivity index (χ4n) is 3.70. The van der Waals surface area contributed by atoms with Gasteiger partial charge in [-0.25, -0.2) is 0 Å². The molecule has 0 saturated carbocycles. The van der Waals surface area contributed by atoms with Gasteiger partial charge in [0.2, 0.25) is 5.91 Å². The van der Waals surface area contributed by atoms with Crippen LogP contribution in [0.25, 0.3) is 0 Å². The zero-order valence-corrected chi connectivity index (χ0v) is 18.4. The predicted molar refractivity (Wildman–Crippen MR) is 119 cm³/mol. The van der Waals surface area contributed by atoms with Crippen LogP contribution >= 0.6 is 0 Å². The van der Waals surface area contributed by atoms with Crippen molar-refractivity contribution in [1.29, 1.82) is 0 Å². The van der Waals surface area contributed by atoms with Gasteiger partial charge in [-0.15, -0.1) is 0 Å². The molecule has 1 atom stereocenters. The fourth-order valence-corrected chi connectivity index (χ4v) is 3.70. The van der Waals surface area contributed by atoms with Crippen LogP contribution in [0.15, 0.2) is 29.3 Å². The van der Waals surface area contributed by atoms with E-state index in [0.29, 0.717) is 0 Å². The van der Waals surface area contributed by atoms with Gasteiger partial charge in [-0.2, -0.15) is 0 Å². The minimum atomic E-state index is 0.0428. The van der Waals surface area contributed by atoms with Crippen LogP contribution in [0.1, 0.15) is 31.7 Å². The van der Waals surface area contributed by atoms with Crippen LogP contribution in [0, 0.1) is 0 Å². The Balaban J connectivity index is 1.77. The molecule has 0 aliphatic carbocycles. The van der Waals surface area contributed by atoms with Gasteiger partial charge in [0, 0.05) is 40.3 Å². The Morgan fingerprint density at radius 2 is 2.10 bits per heavy atom. The third-order valence-electron chi connectivity index (χ3n) is 5.19. The maximum Gasteiger partial charge on any atom is 0.239 e. The van der Waals surface area contributed by atoms with E-state index in [1.165, 1.54) is 5.56 Å². The topological polar surface area (TPSA) is 69.2 Å². The molecule has 0 radical (unpaired) electrons. The number of benzene rings is 1. The molecule has 1 aliphatic rings. The molecule has 162 valence electrons. The summed E-state index contributed by atoms with van der Waals surface area (Å²) in [6.07, 6.45) is 3.88. The summed E-state index contributed by atoms with van der Waals surface area (Å²) in [6.45, 7) is 6.34. The molecule has 7 heteroatoms. The summed E-state index contributed by atoms with van der Waals surface area (Å²) < 4.78 is 5.41. The number of ether oxygens (including phenoxy) is 1. The zero-order valence-electron chi connectivity index (χ0n) is 18.4. The number of nitrogens with zero attached hydrogens (tertiary/aromatic N) is 3. The van der Waals surface area contributed by atoms with Crippen molar-refractivity contribution in [3.05, 3.63) is 29.8 Å². The Bertz CT molecular complexity index is 662. The number of aliphatic imine (C=N–C) groups is 1. The van der Waals surface area contributed by atoms with Crippen LogP contribution in [0.4, 0.5) is 0 Å². The molecule has 2 rings (SSSR count). The van der Waals surface area contributed by atoms with E-state index in [2.05, 4.69) is 28.5 Å². The SMILES string of the molecule is CCNC(=NCCCN1CCCC1C(=O)N(C)C)NCCc1ccccc1OC. The lowest BCUT2D eigenvalue weighted by Gasteiger charge is -2.25. The summed E-state index contributed by atoms with van der Waals surface area (Å²) in [7, 11) is 5.37. The predicted octanol–water partition coefficient (Wildman–Crippen LogP) is 1.74. The molecule has 0 aromatic heterocycles. The van der Waals surface area contributed by atoms with Gasteiger partial charge in [0.05, 0.1) is 13.2 Å². The van der Waals surface area contributed by atoms with Crippen LogP contribution in [0.2, 0.25) is 0 Å². The van der Waals surface area contributed by atoms with Crippen LogP contribution < -0.4 is 15.4 Å². The number of methoxy groups -OCH3 is 1. The average molecular weight is 404 g/mol. The number of rotatable bonds is 10. The average Bonchev–Trinajstić information content (AvgIpc) is 3.19. The van der Waals surface area contributed by atoms with E-state index in [9.17, 15) is 4.79 Å². The van der Waals surface area contributed by atoms with Crippen molar-refractivity contribution in [1.82, 2.24) is 20.4 Å². The Morgan fingerprint density at radius 1 is 1.31 bits per heavy atom. The van der Waals surface area contributed by atoms with Gasteiger partial charge in [0.25, 0.3) is 0 Å². The monoisotopic (exact) mass is 403 g/mol. The zero-order chi connectivity index (χ0) is 21.1. The molecule has 1 fully saturated rings. The maximum atomic E-state index is 12.3. The molecule has 1 aromatic carbocycles. The summed E-state index contributed by atoms with van der Waals surface area (Å²) in [5.41, 5.74) is 1.18. The van der Waals surface area contributed by atoms with E-state index in [1.807, 2.05) is 32.3 Å². The number of carbonyl (C=O) groups is 1. The first-order chi connectivity index (χ1) is 14.1. The number of guanidine groups is 1. The number of carbonyl (C=O) groups excluding carboxylic acids is 1. The first-order valence-electron chi connectivity index (χ1n) is 10.7. The Morgan fingerprint density at radius 3 is 2.83 bits per heavy atom. The van der Waals surface area contributed by atoms with Crippen molar-refractivity contribution in [2.75, 3.05) is 53.9 Å². The second kappa shape index (κ2) is 12.3. The Hall–Kier alpha value is -2.28. The van der Waals surface area contributed by atoms with Gasteiger partial charge in [-0.3, -0.25) is 14.7 Å². The van der Waals surface area contributed by atoms with Gasteiger partial charge in [-0.05, 0) is 50.8 Å². The van der Waals surface area contributed by atoms with Crippen molar-refractivity contribution >= 4 is 11.9 Å². The molecule has 1 aromatic rings. The number of hydrogen-bond donors (Lipinski definition) is 2. The molecular weight excluding hydrogens is 366 g/mol. The van der Waals surface area contributed by atoms with E-state index in [4.69, 9.17) is 9.73 Å². The Kier molecular flexibility index (Phi) is 9.77. The smallest absolute Gasteiger partial charge is 0.239 e. The van der Waals surface area contributed by atoms with E-state index in [0.717, 1.165) is 70.1 Å². The molecular formula is C22H37N5O2. The summed E-state index contributed by atoms with van der Waals surface area (Å²) in [5, 5.41) is 6.70. The van der Waals surface area contributed by atoms with Crippen LogP contribution in [-0.2, 0) is 11.2 Å². The van der Waals surface area contributed by atoms with Gasteiger partial charge in [0.15, 0.2) is 5.96 Å². The second-order valence-electron chi connectivity index (χ2n) is 7.53. The van der Waals surface area contributed by atoms with Gasteiger partial charge in [0.1, 0.15) is 5.75 Å². The second-order valence-corrected chi connectivity index (χ2v) is 7.53. The highest BCUT2D eigenvalue weighted by atomic mass is 16.5. The van der Waals surface area contributed by atoms with E-state index in [1.54, 1.807) is 12.0 Å². The quantitative estimate of drug-likeness (QED) is 0.354. The molecule has 1 unspecified atom stereocenters. The molecule has 1 aliphatic heterocycles. The molecule has 0 spiro atoms. The summed E-state index contributed by atoms with van der Waals surface area (Å²) in [6, 6.07) is 8.14. The van der Waals surface area contributed by atoms with Gasteiger partial charge < -0.3 is 20.3 Å². The lowest BCUT2D eigenvalue weighted by atomic mass is 10.1. The van der Waals surface area contributed by atoms with Crippen molar-refractivity contribution in [3.8, 4) is 5.75 Å². The summed E-state index contributed by atoms with van der Waals surface area (Å²) in [5.74, 6) is 1.98. The van der Waals surface area contributed by atoms with E-state index < -0.39 is 0 Å². The first kappa shape index (κ1) is 23.0. The Labute approximate surface area is 175 Å². The normalized spacial score (nSPS) is 17.2. The van der Waals surface area contributed by atoms with Crippen LogP contribution in [-0.4, -0.2) is 81.6 Å². The highest BCUT2D eigenvalue weighted by molar-refractivity contribution is 5.81. The minimum absolute atomic E-state index is 0.0428. The molecule has 1 heterocycles. The largest absolute Gasteiger partial charge is 0.496 e. The lowest BCUT2D eigenvalue weighted by molar-refractivity contribution is -0.133. The highest BCUT2D eigenvalue weighted by Crippen LogP contribution is 2.19. The van der Waals surface area contributed by atoms with Gasteiger partial charge in [-0.1, -0.05) is 18.2 Å². The highest BCUT2D eigenvalue weighted by Gasteiger charge is 2.30. The number of hydrogen-bond acceptors (Lipinski definition) is 4. The van der Waals surface area contributed by atoms with Crippen molar-refractivity contribution in [3.63, 3.8) is 0 Å². The van der Waals surface area contributed by atoms with Crippen molar-refractivity contribution in [2.45, 2.75) is 38.6 Å². The minimum Gasteiger partial charge on any atom is -0.496 e.